The molecule has 1 unspecified atom stereocenters. The van der Waals surface area contributed by atoms with Crippen LogP contribution < -0.4 is 5.32 Å². The molecule has 1 atom stereocenters. The number of nitrogens with one attached hydrogen (secondary N) is 1. The van der Waals surface area contributed by atoms with Crippen LogP contribution in [-0.4, -0.2) is 16.1 Å². The van der Waals surface area contributed by atoms with Crippen LogP contribution in [-0.2, 0) is 12.8 Å². The maximum Gasteiger partial charge on any atom is 0.141 e. The van der Waals surface area contributed by atoms with E-state index in [1.54, 1.807) is 12.1 Å². The van der Waals surface area contributed by atoms with E-state index in [4.69, 9.17) is 11.6 Å². The Hall–Kier alpha value is -1.04. The van der Waals surface area contributed by atoms with E-state index in [0.29, 0.717) is 0 Å². The van der Waals surface area contributed by atoms with E-state index in [1.807, 2.05) is 0 Å². The molecular formula is C15H19ClFN3S. The summed E-state index contributed by atoms with van der Waals surface area (Å²) in [6.45, 7) is 5.05. The molecule has 0 radical (unpaired) electrons. The molecule has 114 valence electrons. The molecule has 0 saturated heterocycles. The third kappa shape index (κ3) is 4.22. The van der Waals surface area contributed by atoms with Crippen molar-refractivity contribution in [2.24, 2.45) is 0 Å². The molecule has 1 heterocycles. The normalized spacial score (nSPS) is 12.6. The molecule has 0 saturated carbocycles. The minimum absolute atomic E-state index is 0.137. The minimum atomic E-state index is -0.383. The van der Waals surface area contributed by atoms with Gasteiger partial charge in [-0.1, -0.05) is 42.4 Å². The van der Waals surface area contributed by atoms with Crippen molar-refractivity contribution in [3.63, 3.8) is 0 Å². The van der Waals surface area contributed by atoms with Crippen molar-refractivity contribution in [3.05, 3.63) is 45.2 Å². The molecule has 0 bridgehead atoms. The molecule has 21 heavy (non-hydrogen) atoms. The van der Waals surface area contributed by atoms with Crippen LogP contribution in [0.5, 0.6) is 0 Å². The van der Waals surface area contributed by atoms with Crippen molar-refractivity contribution in [1.29, 1.82) is 0 Å². The topological polar surface area (TPSA) is 37.8 Å². The van der Waals surface area contributed by atoms with Gasteiger partial charge < -0.3 is 5.32 Å². The summed E-state index contributed by atoms with van der Waals surface area (Å²) in [4.78, 5) is 1.17. The van der Waals surface area contributed by atoms with Gasteiger partial charge >= 0.3 is 0 Å². The first-order valence-electron chi connectivity index (χ1n) is 7.14. The number of halogens is 2. The fraction of sp³-hybridized carbons (Fsp3) is 0.467. The second-order valence-electron chi connectivity index (χ2n) is 4.90. The Morgan fingerprint density at radius 2 is 2.19 bits per heavy atom. The molecule has 0 aliphatic heterocycles. The largest absolute Gasteiger partial charge is 0.309 e. The standard InChI is InChI=1S/C15H19ClFN3S/c1-3-5-13-15(21-20-19-13)14(18-4-2)9-10-6-7-12(17)11(16)8-10/h6-8,14,18H,3-5,9H2,1-2H3. The number of aryl methyl sites for hydroxylation is 1. The number of nitrogens with zero attached hydrogens (tertiary/aromatic N) is 2. The van der Waals surface area contributed by atoms with E-state index in [9.17, 15) is 4.39 Å². The molecular weight excluding hydrogens is 309 g/mol. The summed E-state index contributed by atoms with van der Waals surface area (Å²) < 4.78 is 17.3. The third-order valence-electron chi connectivity index (χ3n) is 3.26. The smallest absolute Gasteiger partial charge is 0.141 e. The van der Waals surface area contributed by atoms with Crippen molar-refractivity contribution in [3.8, 4) is 0 Å². The van der Waals surface area contributed by atoms with Crippen molar-refractivity contribution in [2.45, 2.75) is 39.2 Å². The summed E-state index contributed by atoms with van der Waals surface area (Å²) in [7, 11) is 0. The van der Waals surface area contributed by atoms with Crippen molar-refractivity contribution < 1.29 is 4.39 Å². The molecule has 2 aromatic rings. The first-order chi connectivity index (χ1) is 10.2. The maximum absolute atomic E-state index is 13.3. The first-order valence-corrected chi connectivity index (χ1v) is 8.29. The lowest BCUT2D eigenvalue weighted by Crippen LogP contribution is -2.23. The summed E-state index contributed by atoms with van der Waals surface area (Å²) in [5.41, 5.74) is 2.06. The lowest BCUT2D eigenvalue weighted by Gasteiger charge is -2.17. The molecule has 1 N–H and O–H groups in total. The molecule has 0 amide bonds. The highest BCUT2D eigenvalue weighted by atomic mass is 35.5. The van der Waals surface area contributed by atoms with Crippen LogP contribution in [0, 0.1) is 5.82 Å². The number of aromatic nitrogens is 2. The Balaban J connectivity index is 2.22. The van der Waals surface area contributed by atoms with Crippen molar-refractivity contribution in [1.82, 2.24) is 14.9 Å². The zero-order valence-corrected chi connectivity index (χ0v) is 13.8. The van der Waals surface area contributed by atoms with Gasteiger partial charge in [0.2, 0.25) is 0 Å². The van der Waals surface area contributed by atoms with Crippen LogP contribution in [0.15, 0.2) is 18.2 Å². The molecule has 0 spiro atoms. The number of rotatable bonds is 7. The summed E-state index contributed by atoms with van der Waals surface area (Å²) in [5.74, 6) is -0.383. The van der Waals surface area contributed by atoms with Gasteiger partial charge in [0.1, 0.15) is 5.82 Å². The molecule has 1 aromatic heterocycles. The zero-order chi connectivity index (χ0) is 15.2. The van der Waals surface area contributed by atoms with E-state index < -0.39 is 0 Å². The van der Waals surface area contributed by atoms with E-state index in [1.165, 1.54) is 22.5 Å². The van der Waals surface area contributed by atoms with Crippen LogP contribution in [0.3, 0.4) is 0 Å². The Labute approximate surface area is 133 Å². The van der Waals surface area contributed by atoms with Crippen LogP contribution in [0.4, 0.5) is 4.39 Å². The molecule has 1 aromatic carbocycles. The fourth-order valence-electron chi connectivity index (χ4n) is 2.30. The predicted octanol–water partition coefficient (Wildman–Crippen LogP) is 4.18. The second-order valence-corrected chi connectivity index (χ2v) is 6.09. The van der Waals surface area contributed by atoms with Gasteiger partial charge in [-0.05, 0) is 48.6 Å². The van der Waals surface area contributed by atoms with Crippen molar-refractivity contribution >= 4 is 23.1 Å². The average Bonchev–Trinajstić information content (AvgIpc) is 2.91. The molecule has 0 aliphatic rings. The van der Waals surface area contributed by atoms with Gasteiger partial charge in [-0.3, -0.25) is 0 Å². The Kier molecular flexibility index (Phi) is 6.08. The lowest BCUT2D eigenvalue weighted by molar-refractivity contribution is 0.550. The second kappa shape index (κ2) is 7.82. The number of likely N-dealkylation sites (N-methyl/N-ethyl adjacent to an activating group) is 1. The summed E-state index contributed by atoms with van der Waals surface area (Å²) in [6, 6.07) is 5.02. The Morgan fingerprint density at radius 1 is 1.38 bits per heavy atom. The van der Waals surface area contributed by atoms with Crippen LogP contribution in [0.2, 0.25) is 5.02 Å². The SMILES string of the molecule is CCCc1nnsc1C(Cc1ccc(F)c(Cl)c1)NCC. The molecule has 2 rings (SSSR count). The van der Waals surface area contributed by atoms with Gasteiger partial charge in [0, 0.05) is 6.04 Å². The summed E-state index contributed by atoms with van der Waals surface area (Å²) >= 11 is 7.30. The summed E-state index contributed by atoms with van der Waals surface area (Å²) in [5, 5.41) is 7.85. The highest BCUT2D eigenvalue weighted by molar-refractivity contribution is 7.05. The van der Waals surface area contributed by atoms with Crippen molar-refractivity contribution in [2.75, 3.05) is 6.54 Å². The van der Waals surface area contributed by atoms with Gasteiger partial charge in [0.05, 0.1) is 15.6 Å². The first kappa shape index (κ1) is 16.3. The molecule has 3 nitrogen and oxygen atoms in total. The monoisotopic (exact) mass is 327 g/mol. The number of hydrogen-bond acceptors (Lipinski definition) is 4. The third-order valence-corrected chi connectivity index (χ3v) is 4.43. The van der Waals surface area contributed by atoms with Crippen LogP contribution >= 0.6 is 23.1 Å². The highest BCUT2D eigenvalue weighted by Crippen LogP contribution is 2.26. The Morgan fingerprint density at radius 3 is 2.86 bits per heavy atom. The predicted molar refractivity (Wildman–Crippen MR) is 85.4 cm³/mol. The van der Waals surface area contributed by atoms with E-state index in [2.05, 4.69) is 28.8 Å². The Bertz CT molecular complexity index is 588. The van der Waals surface area contributed by atoms with Gasteiger partial charge in [-0.25, -0.2) is 4.39 Å². The van der Waals surface area contributed by atoms with Gasteiger partial charge in [0.25, 0.3) is 0 Å². The van der Waals surface area contributed by atoms with E-state index in [0.717, 1.165) is 37.1 Å². The summed E-state index contributed by atoms with van der Waals surface area (Å²) in [6.07, 6.45) is 2.71. The maximum atomic E-state index is 13.3. The molecule has 6 heteroatoms. The van der Waals surface area contributed by atoms with Crippen LogP contribution in [0.1, 0.15) is 42.4 Å². The molecule has 0 fully saturated rings. The van der Waals surface area contributed by atoms with E-state index >= 15 is 0 Å². The lowest BCUT2D eigenvalue weighted by atomic mass is 10.0. The minimum Gasteiger partial charge on any atom is -0.309 e. The van der Waals surface area contributed by atoms with Gasteiger partial charge in [0.15, 0.2) is 0 Å². The van der Waals surface area contributed by atoms with Gasteiger partial charge in [-0.15, -0.1) is 5.10 Å². The zero-order valence-electron chi connectivity index (χ0n) is 12.2. The quantitative estimate of drug-likeness (QED) is 0.829. The number of benzene rings is 1. The van der Waals surface area contributed by atoms with Crippen LogP contribution in [0.25, 0.3) is 0 Å². The molecule has 0 aliphatic carbocycles. The van der Waals surface area contributed by atoms with Gasteiger partial charge in [-0.2, -0.15) is 0 Å². The highest BCUT2D eigenvalue weighted by Gasteiger charge is 2.19. The average molecular weight is 328 g/mol. The number of hydrogen-bond donors (Lipinski definition) is 1. The van der Waals surface area contributed by atoms with E-state index in [-0.39, 0.29) is 16.9 Å². The fourth-order valence-corrected chi connectivity index (χ4v) is 3.27.